The predicted octanol–water partition coefficient (Wildman–Crippen LogP) is 5.38. The fourth-order valence-electron chi connectivity index (χ4n) is 2.36. The van der Waals surface area contributed by atoms with Gasteiger partial charge in [-0.3, -0.25) is 0 Å². The van der Waals surface area contributed by atoms with Crippen molar-refractivity contribution in [2.45, 2.75) is 20.0 Å². The molecular formula is C18H15F3N2. The third kappa shape index (κ3) is 3.13. The summed E-state index contributed by atoms with van der Waals surface area (Å²) in [5.74, 6) is -0.983. The molecule has 0 aliphatic carbocycles. The van der Waals surface area contributed by atoms with E-state index < -0.39 is 12.0 Å². The highest BCUT2D eigenvalue weighted by Crippen LogP contribution is 2.35. The van der Waals surface area contributed by atoms with Gasteiger partial charge < -0.3 is 4.98 Å². The smallest absolute Gasteiger partial charge is 0.334 e. The molecule has 118 valence electrons. The number of aryl methyl sites for hydroxylation is 2. The Kier molecular flexibility index (Phi) is 3.72. The summed E-state index contributed by atoms with van der Waals surface area (Å²) in [7, 11) is 0. The number of nitrogens with one attached hydrogen (secondary N) is 1. The number of halogens is 3. The van der Waals surface area contributed by atoms with Gasteiger partial charge in [0.25, 0.3) is 0 Å². The Balaban J connectivity index is 2.18. The molecule has 0 saturated heterocycles. The van der Waals surface area contributed by atoms with Crippen LogP contribution in [0.1, 0.15) is 17.0 Å². The highest BCUT2D eigenvalue weighted by atomic mass is 19.4. The number of aromatic amines is 1. The summed E-state index contributed by atoms with van der Waals surface area (Å²) < 4.78 is 39.1. The average molecular weight is 316 g/mol. The van der Waals surface area contributed by atoms with Crippen LogP contribution in [0.25, 0.3) is 22.5 Å². The van der Waals surface area contributed by atoms with E-state index in [1.54, 1.807) is 24.3 Å². The van der Waals surface area contributed by atoms with Crippen LogP contribution >= 0.6 is 0 Å². The molecule has 0 saturated carbocycles. The third-order valence-electron chi connectivity index (χ3n) is 3.64. The highest BCUT2D eigenvalue weighted by molar-refractivity contribution is 5.78. The third-order valence-corrected chi connectivity index (χ3v) is 3.64. The minimum absolute atomic E-state index is 0.307. The Morgan fingerprint density at radius 2 is 1.26 bits per heavy atom. The molecule has 3 rings (SSSR count). The summed E-state index contributed by atoms with van der Waals surface area (Å²) in [4.78, 5) is 6.23. The fourth-order valence-corrected chi connectivity index (χ4v) is 2.36. The van der Waals surface area contributed by atoms with E-state index in [1.165, 1.54) is 0 Å². The molecule has 0 spiro atoms. The molecule has 0 unspecified atom stereocenters. The number of hydrogen-bond donors (Lipinski definition) is 1. The van der Waals surface area contributed by atoms with Gasteiger partial charge in [-0.1, -0.05) is 59.7 Å². The largest absolute Gasteiger partial charge is 0.449 e. The Morgan fingerprint density at radius 3 is 1.74 bits per heavy atom. The monoisotopic (exact) mass is 316 g/mol. The molecule has 1 aromatic heterocycles. The van der Waals surface area contributed by atoms with E-state index in [-0.39, 0.29) is 0 Å². The van der Waals surface area contributed by atoms with Crippen molar-refractivity contribution in [3.8, 4) is 22.5 Å². The lowest BCUT2D eigenvalue weighted by Gasteiger charge is -2.04. The molecule has 0 bridgehead atoms. The summed E-state index contributed by atoms with van der Waals surface area (Å²) in [5, 5.41) is 0. The van der Waals surface area contributed by atoms with Crippen LogP contribution in [0.4, 0.5) is 13.2 Å². The maximum Gasteiger partial charge on any atom is 0.449 e. The second kappa shape index (κ2) is 5.57. The topological polar surface area (TPSA) is 28.7 Å². The van der Waals surface area contributed by atoms with Crippen molar-refractivity contribution >= 4 is 0 Å². The molecule has 0 atom stereocenters. The molecule has 1 heterocycles. The summed E-state index contributed by atoms with van der Waals surface area (Å²) >= 11 is 0. The molecule has 0 radical (unpaired) electrons. The first-order valence-electron chi connectivity index (χ1n) is 7.16. The van der Waals surface area contributed by atoms with Crippen molar-refractivity contribution in [1.82, 2.24) is 9.97 Å². The Morgan fingerprint density at radius 1 is 0.783 bits per heavy atom. The van der Waals surface area contributed by atoms with Crippen molar-refractivity contribution < 1.29 is 13.2 Å². The first kappa shape index (κ1) is 15.3. The van der Waals surface area contributed by atoms with Crippen molar-refractivity contribution in [2.75, 3.05) is 0 Å². The zero-order valence-corrected chi connectivity index (χ0v) is 12.7. The van der Waals surface area contributed by atoms with Gasteiger partial charge in [-0.15, -0.1) is 0 Å². The molecule has 2 nitrogen and oxygen atoms in total. The van der Waals surface area contributed by atoms with Crippen molar-refractivity contribution in [1.29, 1.82) is 0 Å². The number of hydrogen-bond acceptors (Lipinski definition) is 1. The molecule has 0 fully saturated rings. The van der Waals surface area contributed by atoms with Crippen molar-refractivity contribution in [3.63, 3.8) is 0 Å². The van der Waals surface area contributed by atoms with Gasteiger partial charge in [0.2, 0.25) is 5.82 Å². The minimum atomic E-state index is -4.51. The molecule has 0 aliphatic rings. The first-order chi connectivity index (χ1) is 10.8. The molecule has 3 aromatic rings. The number of H-pyrrole nitrogens is 1. The van der Waals surface area contributed by atoms with Crippen molar-refractivity contribution in [3.05, 3.63) is 65.5 Å². The van der Waals surface area contributed by atoms with Gasteiger partial charge in [0.1, 0.15) is 0 Å². The van der Waals surface area contributed by atoms with Crippen LogP contribution in [0, 0.1) is 13.8 Å². The number of nitrogens with zero attached hydrogens (tertiary/aromatic N) is 1. The van der Waals surface area contributed by atoms with Crippen LogP contribution in [0.15, 0.2) is 48.5 Å². The average Bonchev–Trinajstić information content (AvgIpc) is 2.94. The first-order valence-corrected chi connectivity index (χ1v) is 7.16. The normalized spacial score (nSPS) is 11.7. The lowest BCUT2D eigenvalue weighted by Crippen LogP contribution is -2.07. The van der Waals surface area contributed by atoms with Crippen molar-refractivity contribution in [2.24, 2.45) is 0 Å². The number of alkyl halides is 3. The summed E-state index contributed by atoms with van der Waals surface area (Å²) in [6.45, 7) is 3.86. The van der Waals surface area contributed by atoms with E-state index in [2.05, 4.69) is 9.97 Å². The van der Waals surface area contributed by atoms with E-state index in [1.807, 2.05) is 38.1 Å². The standard InChI is InChI=1S/C18H15F3N2/c1-11-3-7-13(8-4-11)15-16(14-9-5-12(2)6-10-14)23-17(22-15)18(19,20)21/h3-10H,1-2H3,(H,22,23). The van der Waals surface area contributed by atoms with E-state index in [0.717, 1.165) is 11.1 Å². The Hall–Kier alpha value is -2.56. The minimum Gasteiger partial charge on any atom is -0.334 e. The molecular weight excluding hydrogens is 301 g/mol. The zero-order chi connectivity index (χ0) is 16.6. The van der Waals surface area contributed by atoms with Gasteiger partial charge in [0.15, 0.2) is 0 Å². The maximum absolute atomic E-state index is 13.0. The molecule has 0 aliphatic heterocycles. The summed E-state index contributed by atoms with van der Waals surface area (Å²) in [6.07, 6.45) is -4.51. The molecule has 1 N–H and O–H groups in total. The van der Waals surface area contributed by atoms with Crippen LogP contribution in [0.3, 0.4) is 0 Å². The highest BCUT2D eigenvalue weighted by Gasteiger charge is 2.36. The molecule has 0 amide bonds. The Labute approximate surface area is 132 Å². The maximum atomic E-state index is 13.0. The summed E-state index contributed by atoms with van der Waals surface area (Å²) in [6, 6.07) is 14.6. The van der Waals surface area contributed by atoms with Crippen LogP contribution in [-0.4, -0.2) is 9.97 Å². The van der Waals surface area contributed by atoms with Gasteiger partial charge in [0.05, 0.1) is 11.4 Å². The van der Waals surface area contributed by atoms with Gasteiger partial charge >= 0.3 is 6.18 Å². The van der Waals surface area contributed by atoms with E-state index >= 15 is 0 Å². The second-order valence-corrected chi connectivity index (χ2v) is 5.54. The molecule has 5 heteroatoms. The van der Waals surface area contributed by atoms with E-state index in [0.29, 0.717) is 22.5 Å². The van der Waals surface area contributed by atoms with Crippen LogP contribution in [-0.2, 0) is 6.18 Å². The lowest BCUT2D eigenvalue weighted by atomic mass is 10.0. The van der Waals surface area contributed by atoms with E-state index in [9.17, 15) is 13.2 Å². The van der Waals surface area contributed by atoms with E-state index in [4.69, 9.17) is 0 Å². The molecule has 23 heavy (non-hydrogen) atoms. The second-order valence-electron chi connectivity index (χ2n) is 5.54. The van der Waals surface area contributed by atoms with Gasteiger partial charge in [-0.25, -0.2) is 4.98 Å². The van der Waals surface area contributed by atoms with Crippen LogP contribution < -0.4 is 0 Å². The number of benzene rings is 2. The number of aromatic nitrogens is 2. The quantitative estimate of drug-likeness (QED) is 0.675. The van der Waals surface area contributed by atoms with Gasteiger partial charge in [-0.2, -0.15) is 13.2 Å². The fraction of sp³-hybridized carbons (Fsp3) is 0.167. The number of imidazole rings is 1. The lowest BCUT2D eigenvalue weighted by molar-refractivity contribution is -0.144. The van der Waals surface area contributed by atoms with Gasteiger partial charge in [0, 0.05) is 11.1 Å². The van der Waals surface area contributed by atoms with Crippen LogP contribution in [0.2, 0.25) is 0 Å². The predicted molar refractivity (Wildman–Crippen MR) is 83.9 cm³/mol. The van der Waals surface area contributed by atoms with Crippen LogP contribution in [0.5, 0.6) is 0 Å². The summed E-state index contributed by atoms with van der Waals surface area (Å²) in [5.41, 5.74) is 4.09. The Bertz CT molecular complexity index is 750. The zero-order valence-electron chi connectivity index (χ0n) is 12.7. The van der Waals surface area contributed by atoms with Gasteiger partial charge in [-0.05, 0) is 13.8 Å². The SMILES string of the molecule is Cc1ccc(-c2nc(C(F)(F)F)[nH]c2-c2ccc(C)cc2)cc1. The number of rotatable bonds is 2. The molecule has 2 aromatic carbocycles.